The molecule has 0 bridgehead atoms. The fourth-order valence-electron chi connectivity index (χ4n) is 4.22. The molecule has 0 saturated carbocycles. The van der Waals surface area contributed by atoms with E-state index in [1.807, 2.05) is 38.1 Å². The van der Waals surface area contributed by atoms with E-state index in [0.717, 1.165) is 33.4 Å². The molecule has 35 heavy (non-hydrogen) atoms. The average Bonchev–Trinajstić information content (AvgIpc) is 2.60. The maximum absolute atomic E-state index is 13.8. The number of phosphoric ester groups is 1. The second kappa shape index (κ2) is 9.27. The largest absolute Gasteiger partial charge is 0.584 e. The summed E-state index contributed by atoms with van der Waals surface area (Å²) in [6.07, 6.45) is 0. The van der Waals surface area contributed by atoms with Gasteiger partial charge < -0.3 is 9.05 Å². The minimum absolute atomic E-state index is 0.293. The lowest BCUT2D eigenvalue weighted by Gasteiger charge is -2.33. The zero-order valence-electron chi connectivity index (χ0n) is 24.4. The van der Waals surface area contributed by atoms with Crippen molar-refractivity contribution in [1.29, 1.82) is 0 Å². The van der Waals surface area contributed by atoms with Gasteiger partial charge in [-0.15, -0.1) is 0 Å². The molecule has 2 rings (SSSR count). The highest BCUT2D eigenvalue weighted by Crippen LogP contribution is 2.53. The van der Waals surface area contributed by atoms with Crippen molar-refractivity contribution >= 4 is 7.82 Å². The van der Waals surface area contributed by atoms with Crippen LogP contribution in [0.2, 0.25) is 0 Å². The van der Waals surface area contributed by atoms with Crippen LogP contribution in [0, 0.1) is 13.8 Å². The van der Waals surface area contributed by atoms with Gasteiger partial charge in [0.25, 0.3) is 0 Å². The Hall–Kier alpha value is -1.77. The summed E-state index contributed by atoms with van der Waals surface area (Å²) in [4.78, 5) is 11.2. The molecular weight excluding hydrogens is 455 g/mol. The highest BCUT2D eigenvalue weighted by molar-refractivity contribution is 7.48. The second-order valence-electron chi connectivity index (χ2n) is 14.0. The fraction of sp³-hybridized carbons (Fsp3) is 0.600. The van der Waals surface area contributed by atoms with Gasteiger partial charge in [-0.05, 0) is 35.5 Å². The Bertz CT molecular complexity index is 975. The quantitative estimate of drug-likeness (QED) is 0.424. The summed E-state index contributed by atoms with van der Waals surface area (Å²) < 4.78 is 25.8. The topological polar surface area (TPSA) is 55.8 Å². The zero-order chi connectivity index (χ0) is 27.4. The van der Waals surface area contributed by atoms with Crippen molar-refractivity contribution in [2.24, 2.45) is 0 Å². The van der Waals surface area contributed by atoms with Crippen molar-refractivity contribution in [1.82, 2.24) is 0 Å². The van der Waals surface area contributed by atoms with Gasteiger partial charge in [-0.3, -0.25) is 4.89 Å². The van der Waals surface area contributed by atoms with Gasteiger partial charge in [0.15, 0.2) is 0 Å². The minimum atomic E-state index is -4.55. The molecule has 0 unspecified atom stereocenters. The van der Waals surface area contributed by atoms with Crippen molar-refractivity contribution in [3.05, 3.63) is 57.6 Å². The Labute approximate surface area is 214 Å². The van der Waals surface area contributed by atoms with Gasteiger partial charge in [-0.25, -0.2) is 4.57 Å². The number of benzene rings is 2. The van der Waals surface area contributed by atoms with Gasteiger partial charge in [0.1, 0.15) is 11.5 Å². The molecular formula is C30H47O4P. The van der Waals surface area contributed by atoms with Gasteiger partial charge in [-0.2, -0.15) is 0 Å². The molecule has 5 heteroatoms. The van der Waals surface area contributed by atoms with Crippen LogP contribution < -0.4 is 9.05 Å². The second-order valence-corrected chi connectivity index (χ2v) is 15.3. The summed E-state index contributed by atoms with van der Waals surface area (Å²) in [5, 5.41) is 0. The first-order valence-electron chi connectivity index (χ1n) is 12.5. The Kier molecular flexibility index (Phi) is 7.80. The zero-order valence-corrected chi connectivity index (χ0v) is 25.3. The van der Waals surface area contributed by atoms with Crippen LogP contribution in [0.3, 0.4) is 0 Å². The third kappa shape index (κ3) is 7.14. The number of rotatable bonds is 4. The van der Waals surface area contributed by atoms with E-state index in [4.69, 9.17) is 9.05 Å². The molecule has 0 spiro atoms. The smallest absolute Gasteiger partial charge is 0.395 e. The summed E-state index contributed by atoms with van der Waals surface area (Å²) in [5.74, 6) is 0.867. The van der Waals surface area contributed by atoms with Crippen LogP contribution in [0.4, 0.5) is 0 Å². The predicted molar refractivity (Wildman–Crippen MR) is 148 cm³/mol. The molecule has 0 amide bonds. The third-order valence-corrected chi connectivity index (χ3v) is 6.94. The van der Waals surface area contributed by atoms with Crippen LogP contribution in [0.1, 0.15) is 116 Å². The first-order chi connectivity index (χ1) is 15.4. The van der Waals surface area contributed by atoms with E-state index in [0.29, 0.717) is 11.5 Å². The maximum atomic E-state index is 13.8. The highest BCUT2D eigenvalue weighted by atomic mass is 31.2. The minimum Gasteiger partial charge on any atom is -0.395 e. The Morgan fingerprint density at radius 3 is 0.914 bits per heavy atom. The van der Waals surface area contributed by atoms with E-state index in [9.17, 15) is 9.46 Å². The third-order valence-electron chi connectivity index (χ3n) is 6.11. The summed E-state index contributed by atoms with van der Waals surface area (Å²) in [5.41, 5.74) is 4.54. The Morgan fingerprint density at radius 2 is 0.743 bits per heavy atom. The van der Waals surface area contributed by atoms with Crippen molar-refractivity contribution < 1.29 is 18.5 Å². The van der Waals surface area contributed by atoms with Crippen molar-refractivity contribution in [2.75, 3.05) is 0 Å². The molecule has 0 aliphatic carbocycles. The normalized spacial score (nSPS) is 13.7. The van der Waals surface area contributed by atoms with Crippen molar-refractivity contribution in [3.8, 4) is 11.5 Å². The molecule has 0 aliphatic heterocycles. The van der Waals surface area contributed by atoms with E-state index in [-0.39, 0.29) is 21.7 Å². The summed E-state index contributed by atoms with van der Waals surface area (Å²) >= 11 is 0. The van der Waals surface area contributed by atoms with Gasteiger partial charge >= 0.3 is 7.82 Å². The lowest BCUT2D eigenvalue weighted by molar-refractivity contribution is 0.280. The predicted octanol–water partition coefficient (Wildman–Crippen LogP) is 9.05. The molecule has 2 aromatic carbocycles. The number of hydrogen-bond donors (Lipinski definition) is 1. The fourth-order valence-corrected chi connectivity index (χ4v) is 5.11. The van der Waals surface area contributed by atoms with E-state index < -0.39 is 7.82 Å². The van der Waals surface area contributed by atoms with Crippen LogP contribution in [-0.4, -0.2) is 4.89 Å². The molecule has 0 aromatic heterocycles. The van der Waals surface area contributed by atoms with Gasteiger partial charge in [0.05, 0.1) is 0 Å². The summed E-state index contributed by atoms with van der Waals surface area (Å²) in [7, 11) is -4.55. The average molecular weight is 503 g/mol. The number of aryl methyl sites for hydroxylation is 2. The first kappa shape index (κ1) is 29.5. The lowest BCUT2D eigenvalue weighted by atomic mass is 9.78. The van der Waals surface area contributed by atoms with Crippen LogP contribution >= 0.6 is 7.82 Å². The van der Waals surface area contributed by atoms with Crippen molar-refractivity contribution in [3.63, 3.8) is 0 Å². The Morgan fingerprint density at radius 1 is 0.543 bits per heavy atom. The first-order valence-corrected chi connectivity index (χ1v) is 14.0. The lowest BCUT2D eigenvalue weighted by Crippen LogP contribution is -2.22. The molecule has 0 fully saturated rings. The van der Waals surface area contributed by atoms with E-state index >= 15 is 0 Å². The molecule has 1 N–H and O–H groups in total. The maximum Gasteiger partial charge on any atom is 0.584 e. The SMILES string of the molecule is Cc1cc(C(C)(C)C)c(OP(=O)(O)Oc2c(C(C)(C)C)cc(C)cc2C(C)(C)C)c(C(C)(C)C)c1. The van der Waals surface area contributed by atoms with Gasteiger partial charge in [0, 0.05) is 22.3 Å². The van der Waals surface area contributed by atoms with Gasteiger partial charge in [-0.1, -0.05) is 118 Å². The number of phosphoric acid groups is 1. The molecule has 0 radical (unpaired) electrons. The van der Waals surface area contributed by atoms with Crippen LogP contribution in [0.25, 0.3) is 0 Å². The van der Waals surface area contributed by atoms with Crippen molar-refractivity contribution in [2.45, 2.75) is 119 Å². The summed E-state index contributed by atoms with van der Waals surface area (Å²) in [6.45, 7) is 29.1. The van der Waals surface area contributed by atoms with E-state index in [1.54, 1.807) is 0 Å². The molecule has 0 saturated heterocycles. The number of hydrogen-bond acceptors (Lipinski definition) is 3. The standard InChI is InChI=1S/C30H47O4P/c1-19-15-21(27(3,4)5)25(22(16-19)28(6,7)8)33-35(31,32)34-26-23(29(9,10)11)17-20(2)18-24(26)30(12,13)14/h15-18H,1-14H3,(H,31,32). The molecule has 4 nitrogen and oxygen atoms in total. The molecule has 0 heterocycles. The van der Waals surface area contributed by atoms with E-state index in [2.05, 4.69) is 83.1 Å². The monoisotopic (exact) mass is 502 g/mol. The molecule has 0 atom stereocenters. The molecule has 2 aromatic rings. The van der Waals surface area contributed by atoms with Gasteiger partial charge in [0.2, 0.25) is 0 Å². The summed E-state index contributed by atoms with van der Waals surface area (Å²) in [6, 6.07) is 8.16. The highest BCUT2D eigenvalue weighted by Gasteiger charge is 2.37. The molecule has 196 valence electrons. The van der Waals surface area contributed by atoms with Crippen LogP contribution in [0.15, 0.2) is 24.3 Å². The van der Waals surface area contributed by atoms with Crippen LogP contribution in [0.5, 0.6) is 11.5 Å². The van der Waals surface area contributed by atoms with Crippen LogP contribution in [-0.2, 0) is 26.2 Å². The molecule has 0 aliphatic rings. The Balaban J connectivity index is 2.76. The van der Waals surface area contributed by atoms with E-state index in [1.165, 1.54) is 0 Å².